The molecular weight excluding hydrogens is 600 g/mol. The maximum Gasteiger partial charge on any atom is 0.410 e. The summed E-state index contributed by atoms with van der Waals surface area (Å²) in [7, 11) is 0. The SMILES string of the molecule is CC(C)(C)OC(=O)N1CCCC[C@H]1c1cn2c(O)cc(=O)[nH]c2n1.c1c(N2CCC2)nc2nc([C@@H]3CCCCN3)cn2c1N1CCC1. The molecule has 0 aliphatic carbocycles. The first-order chi connectivity index (χ1) is 22.6. The smallest absolute Gasteiger partial charge is 0.410 e. The average molecular weight is 647 g/mol. The quantitative estimate of drug-likeness (QED) is 0.295. The average Bonchev–Trinajstić information content (AvgIpc) is 3.61. The molecule has 4 aromatic rings. The fourth-order valence-corrected chi connectivity index (χ4v) is 6.66. The summed E-state index contributed by atoms with van der Waals surface area (Å²) in [6.07, 6.45) is 12.4. The Morgan fingerprint density at radius 2 is 1.62 bits per heavy atom. The fraction of sp³-hybridized carbons (Fsp3) is 0.606. The Balaban J connectivity index is 0.000000149. The van der Waals surface area contributed by atoms with Crippen molar-refractivity contribution < 1.29 is 14.6 Å². The van der Waals surface area contributed by atoms with Crippen LogP contribution in [0.25, 0.3) is 11.6 Å². The van der Waals surface area contributed by atoms with Crippen LogP contribution < -0.4 is 20.7 Å². The summed E-state index contributed by atoms with van der Waals surface area (Å²) < 4.78 is 9.09. The van der Waals surface area contributed by atoms with Gasteiger partial charge in [0.05, 0.1) is 29.5 Å². The lowest BCUT2D eigenvalue weighted by atomic mass is 10.0. The number of carbonyl (C=O) groups excluding carboxylic acids is 1. The number of amides is 1. The van der Waals surface area contributed by atoms with E-state index in [4.69, 9.17) is 14.7 Å². The van der Waals surface area contributed by atoms with Gasteiger partial charge in [-0.2, -0.15) is 4.98 Å². The molecule has 0 spiro atoms. The molecule has 1 amide bonds. The number of nitrogens with one attached hydrogen (secondary N) is 2. The van der Waals surface area contributed by atoms with Crippen LogP contribution in [-0.2, 0) is 4.74 Å². The number of hydrogen-bond acceptors (Lipinski definition) is 10. The Bertz CT molecular complexity index is 1790. The van der Waals surface area contributed by atoms with E-state index in [-0.39, 0.29) is 23.8 Å². The maximum absolute atomic E-state index is 12.5. The topological polar surface area (TPSA) is 149 Å². The molecule has 4 aliphatic rings. The van der Waals surface area contributed by atoms with Gasteiger partial charge in [0.1, 0.15) is 17.2 Å². The molecule has 8 rings (SSSR count). The van der Waals surface area contributed by atoms with Gasteiger partial charge in [-0.25, -0.2) is 14.8 Å². The van der Waals surface area contributed by atoms with Gasteiger partial charge in [0.25, 0.3) is 5.56 Å². The fourth-order valence-electron chi connectivity index (χ4n) is 6.66. The van der Waals surface area contributed by atoms with Crippen LogP contribution in [0.2, 0.25) is 0 Å². The van der Waals surface area contributed by atoms with Crippen LogP contribution in [0.15, 0.2) is 29.3 Å². The van der Waals surface area contributed by atoms with Gasteiger partial charge >= 0.3 is 6.09 Å². The molecule has 0 unspecified atom stereocenters. The predicted molar refractivity (Wildman–Crippen MR) is 178 cm³/mol. The van der Waals surface area contributed by atoms with E-state index in [1.54, 1.807) is 11.1 Å². The normalized spacial score (nSPS) is 21.6. The van der Waals surface area contributed by atoms with E-state index < -0.39 is 11.2 Å². The number of carbonyl (C=O) groups is 1. The number of fused-ring (bicyclic) bond motifs is 2. The first-order valence-electron chi connectivity index (χ1n) is 17.1. The number of imidazole rings is 2. The zero-order valence-electron chi connectivity index (χ0n) is 27.6. The number of anilines is 2. The summed E-state index contributed by atoms with van der Waals surface area (Å²) >= 11 is 0. The van der Waals surface area contributed by atoms with Crippen LogP contribution in [-0.4, -0.2) is 89.7 Å². The molecule has 14 heteroatoms. The number of aromatic nitrogens is 6. The van der Waals surface area contributed by atoms with E-state index >= 15 is 0 Å². The van der Waals surface area contributed by atoms with E-state index in [0.717, 1.165) is 75.3 Å². The highest BCUT2D eigenvalue weighted by atomic mass is 16.6. The number of piperidine rings is 2. The number of hydrogen-bond donors (Lipinski definition) is 3. The highest BCUT2D eigenvalue weighted by molar-refractivity contribution is 5.69. The van der Waals surface area contributed by atoms with Gasteiger partial charge in [-0.3, -0.25) is 23.5 Å². The first kappa shape index (κ1) is 31.3. The van der Waals surface area contributed by atoms with Crippen molar-refractivity contribution in [2.75, 3.05) is 49.1 Å². The van der Waals surface area contributed by atoms with Crippen LogP contribution in [0.3, 0.4) is 0 Å². The lowest BCUT2D eigenvalue weighted by Gasteiger charge is -2.36. The second kappa shape index (κ2) is 12.7. The summed E-state index contributed by atoms with van der Waals surface area (Å²) in [5, 5.41) is 13.5. The molecule has 3 N–H and O–H groups in total. The number of nitrogens with zero attached hydrogens (tertiary/aromatic N) is 8. The molecule has 47 heavy (non-hydrogen) atoms. The number of rotatable bonds is 4. The van der Waals surface area contributed by atoms with E-state index in [1.165, 1.54) is 42.3 Å². The minimum Gasteiger partial charge on any atom is -0.494 e. The molecule has 0 saturated carbocycles. The van der Waals surface area contributed by atoms with Gasteiger partial charge in [-0.15, -0.1) is 0 Å². The number of H-pyrrole nitrogens is 1. The number of aromatic amines is 1. The summed E-state index contributed by atoms with van der Waals surface area (Å²) in [5.74, 6) is 3.28. The largest absolute Gasteiger partial charge is 0.494 e. The summed E-state index contributed by atoms with van der Waals surface area (Å²) in [6, 6.07) is 3.49. The van der Waals surface area contributed by atoms with Gasteiger partial charge in [0, 0.05) is 51.2 Å². The Hall–Kier alpha value is -4.33. The molecule has 252 valence electrons. The molecular formula is C33H46N10O4. The van der Waals surface area contributed by atoms with Crippen molar-refractivity contribution >= 4 is 29.3 Å². The van der Waals surface area contributed by atoms with E-state index in [1.807, 2.05) is 20.8 Å². The Morgan fingerprint density at radius 1 is 0.872 bits per heavy atom. The maximum atomic E-state index is 12.5. The van der Waals surface area contributed by atoms with Gasteiger partial charge in [0.2, 0.25) is 17.4 Å². The van der Waals surface area contributed by atoms with E-state index in [0.29, 0.717) is 18.3 Å². The zero-order chi connectivity index (χ0) is 32.7. The molecule has 0 aromatic carbocycles. The lowest BCUT2D eigenvalue weighted by Crippen LogP contribution is -2.42. The molecule has 0 radical (unpaired) electrons. The van der Waals surface area contributed by atoms with Crippen molar-refractivity contribution in [3.05, 3.63) is 46.3 Å². The molecule has 8 heterocycles. The first-order valence-corrected chi connectivity index (χ1v) is 17.1. The minimum absolute atomic E-state index is 0.188. The van der Waals surface area contributed by atoms with Gasteiger partial charge in [-0.05, 0) is 72.3 Å². The zero-order valence-corrected chi connectivity index (χ0v) is 27.6. The molecule has 4 fully saturated rings. The monoisotopic (exact) mass is 646 g/mol. The van der Waals surface area contributed by atoms with Gasteiger partial charge in [0.15, 0.2) is 0 Å². The van der Waals surface area contributed by atoms with Gasteiger partial charge in [-0.1, -0.05) is 6.42 Å². The minimum atomic E-state index is -0.568. The summed E-state index contributed by atoms with van der Waals surface area (Å²) in [4.78, 5) is 47.1. The predicted octanol–water partition coefficient (Wildman–Crippen LogP) is 4.15. The summed E-state index contributed by atoms with van der Waals surface area (Å²) in [5.41, 5.74) is 0.781. The molecule has 2 atom stereocenters. The van der Waals surface area contributed by atoms with Crippen molar-refractivity contribution in [1.29, 1.82) is 0 Å². The van der Waals surface area contributed by atoms with Crippen LogP contribution in [0.1, 0.15) is 95.6 Å². The number of likely N-dealkylation sites (tertiary alicyclic amines) is 1. The van der Waals surface area contributed by atoms with Crippen LogP contribution in [0, 0.1) is 0 Å². The Morgan fingerprint density at radius 3 is 2.30 bits per heavy atom. The standard InChI is InChI=1S/C17H24N6.C16H22N4O4/c1-2-6-18-13(5-1)14-12-23-16(22-9-4-10-22)11-15(20-17(23)19-14)21-7-3-8-21;1-16(2,3)24-15(23)19-7-5-4-6-11(19)10-9-20-13(22)8-12(21)18-14(20)17-10/h11-13,18H,1-10H2;8-9,11,22H,4-7H2,1-3H3,(H,17,18,21)/t13-;11-/m00/s1. The third-order valence-electron chi connectivity index (χ3n) is 9.39. The van der Waals surface area contributed by atoms with Crippen LogP contribution in [0.4, 0.5) is 16.4 Å². The van der Waals surface area contributed by atoms with Crippen molar-refractivity contribution in [1.82, 2.24) is 39.0 Å². The highest BCUT2D eigenvalue weighted by Crippen LogP contribution is 2.33. The second-order valence-corrected chi connectivity index (χ2v) is 14.0. The number of ether oxygens (including phenoxy) is 1. The third-order valence-corrected chi connectivity index (χ3v) is 9.39. The van der Waals surface area contributed by atoms with Crippen molar-refractivity contribution in [3.63, 3.8) is 0 Å². The highest BCUT2D eigenvalue weighted by Gasteiger charge is 2.33. The molecule has 0 bridgehead atoms. The van der Waals surface area contributed by atoms with Crippen molar-refractivity contribution in [3.8, 4) is 5.88 Å². The van der Waals surface area contributed by atoms with E-state index in [9.17, 15) is 14.7 Å². The molecule has 4 saturated heterocycles. The Labute approximate surface area is 273 Å². The number of aromatic hydroxyl groups is 1. The Kier molecular flexibility index (Phi) is 8.45. The second-order valence-electron chi connectivity index (χ2n) is 14.0. The van der Waals surface area contributed by atoms with Crippen LogP contribution >= 0.6 is 0 Å². The van der Waals surface area contributed by atoms with Crippen molar-refractivity contribution in [2.24, 2.45) is 0 Å². The molecule has 14 nitrogen and oxygen atoms in total. The van der Waals surface area contributed by atoms with E-state index in [2.05, 4.69) is 41.7 Å². The lowest BCUT2D eigenvalue weighted by molar-refractivity contribution is 0.00905. The van der Waals surface area contributed by atoms with Crippen molar-refractivity contribution in [2.45, 2.75) is 89.8 Å². The summed E-state index contributed by atoms with van der Waals surface area (Å²) in [6.45, 7) is 11.7. The molecule has 4 aliphatic heterocycles. The third kappa shape index (κ3) is 6.60. The van der Waals surface area contributed by atoms with Gasteiger partial charge < -0.3 is 25.0 Å². The molecule has 4 aromatic heterocycles. The van der Waals surface area contributed by atoms with Crippen LogP contribution in [0.5, 0.6) is 5.88 Å².